The molecule has 1 aromatic heterocycles. The molecule has 21 heavy (non-hydrogen) atoms. The van der Waals surface area contributed by atoms with Gasteiger partial charge in [-0.2, -0.15) is 0 Å². The second-order valence-corrected chi connectivity index (χ2v) is 5.27. The zero-order valence-electron chi connectivity index (χ0n) is 12.1. The molecule has 0 aliphatic rings. The number of nitrogens with two attached hydrogens (primary N) is 1. The normalized spacial score (nSPS) is 12.3. The van der Waals surface area contributed by atoms with Gasteiger partial charge in [-0.25, -0.2) is 4.98 Å². The van der Waals surface area contributed by atoms with E-state index in [2.05, 4.69) is 58.1 Å². The third-order valence-corrected chi connectivity index (χ3v) is 3.62. The summed E-state index contributed by atoms with van der Waals surface area (Å²) in [6, 6.07) is 18.8. The minimum absolute atomic E-state index is 0.0442. The van der Waals surface area contributed by atoms with Gasteiger partial charge in [-0.3, -0.25) is 0 Å². The Morgan fingerprint density at radius 1 is 1.05 bits per heavy atom. The summed E-state index contributed by atoms with van der Waals surface area (Å²) in [7, 11) is 0. The van der Waals surface area contributed by atoms with Crippen molar-refractivity contribution in [1.82, 2.24) is 9.55 Å². The Morgan fingerprint density at radius 3 is 2.52 bits per heavy atom. The van der Waals surface area contributed by atoms with Crippen LogP contribution < -0.4 is 5.73 Å². The quantitative estimate of drug-likeness (QED) is 0.793. The van der Waals surface area contributed by atoms with E-state index >= 15 is 0 Å². The molecular weight excluding hydrogens is 258 g/mol. The summed E-state index contributed by atoms with van der Waals surface area (Å²) in [6.07, 6.45) is 4.57. The van der Waals surface area contributed by atoms with Crippen LogP contribution in [-0.4, -0.2) is 9.55 Å². The van der Waals surface area contributed by atoms with Gasteiger partial charge in [-0.1, -0.05) is 48.5 Å². The Bertz CT molecular complexity index is 714. The van der Waals surface area contributed by atoms with E-state index in [9.17, 15) is 0 Å². The lowest BCUT2D eigenvalue weighted by molar-refractivity contribution is 0.750. The van der Waals surface area contributed by atoms with E-state index in [0.717, 1.165) is 17.8 Å². The Labute approximate surface area is 125 Å². The van der Waals surface area contributed by atoms with E-state index < -0.39 is 0 Å². The highest BCUT2D eigenvalue weighted by molar-refractivity contribution is 5.45. The third-order valence-electron chi connectivity index (χ3n) is 3.62. The molecule has 0 spiro atoms. The van der Waals surface area contributed by atoms with Crippen molar-refractivity contribution in [2.45, 2.75) is 19.4 Å². The number of hydrogen-bond donors (Lipinski definition) is 1. The highest BCUT2D eigenvalue weighted by Crippen LogP contribution is 2.22. The van der Waals surface area contributed by atoms with Crippen LogP contribution in [0.5, 0.6) is 0 Å². The molecule has 0 radical (unpaired) electrons. The minimum atomic E-state index is -0.0442. The van der Waals surface area contributed by atoms with E-state index in [-0.39, 0.29) is 6.04 Å². The lowest BCUT2D eigenvalue weighted by atomic mass is 10.0. The standard InChI is InChI=1S/C18H19N3/c1-14(19)18-12-20-13-21(18)17-10-6-5-9-16(17)11-15-7-3-2-4-8-15/h2-10,12-14H,11,19H2,1H3/t14-/m1/s1. The van der Waals surface area contributed by atoms with Gasteiger partial charge in [0.05, 0.1) is 23.9 Å². The van der Waals surface area contributed by atoms with Crippen LogP contribution in [0.25, 0.3) is 5.69 Å². The Balaban J connectivity index is 2.02. The zero-order valence-corrected chi connectivity index (χ0v) is 12.1. The maximum Gasteiger partial charge on any atom is 0.0994 e. The molecule has 2 aromatic carbocycles. The summed E-state index contributed by atoms with van der Waals surface area (Å²) < 4.78 is 2.09. The number of hydrogen-bond acceptors (Lipinski definition) is 2. The Kier molecular flexibility index (Phi) is 3.84. The van der Waals surface area contributed by atoms with Crippen LogP contribution in [0.4, 0.5) is 0 Å². The number of para-hydroxylation sites is 1. The van der Waals surface area contributed by atoms with Crippen molar-refractivity contribution >= 4 is 0 Å². The summed E-state index contributed by atoms with van der Waals surface area (Å²) in [4.78, 5) is 4.25. The molecule has 3 nitrogen and oxygen atoms in total. The van der Waals surface area contributed by atoms with Crippen molar-refractivity contribution in [2.24, 2.45) is 5.73 Å². The molecule has 0 unspecified atom stereocenters. The topological polar surface area (TPSA) is 43.8 Å². The first-order valence-electron chi connectivity index (χ1n) is 7.15. The lowest BCUT2D eigenvalue weighted by Crippen LogP contribution is -2.11. The van der Waals surface area contributed by atoms with E-state index in [1.807, 2.05) is 25.5 Å². The van der Waals surface area contributed by atoms with E-state index in [1.54, 1.807) is 0 Å². The fourth-order valence-electron chi connectivity index (χ4n) is 2.55. The smallest absolute Gasteiger partial charge is 0.0994 e. The first kappa shape index (κ1) is 13.6. The van der Waals surface area contributed by atoms with Gasteiger partial charge >= 0.3 is 0 Å². The summed E-state index contributed by atoms with van der Waals surface area (Å²) in [6.45, 7) is 1.98. The molecule has 2 N–H and O–H groups in total. The molecule has 106 valence electrons. The van der Waals surface area contributed by atoms with Gasteiger partial charge in [0, 0.05) is 6.04 Å². The van der Waals surface area contributed by atoms with Crippen molar-refractivity contribution in [2.75, 3.05) is 0 Å². The fraction of sp³-hybridized carbons (Fsp3) is 0.167. The number of imidazole rings is 1. The van der Waals surface area contributed by atoms with Crippen LogP contribution in [0.2, 0.25) is 0 Å². The third kappa shape index (κ3) is 2.88. The first-order chi connectivity index (χ1) is 10.3. The predicted molar refractivity (Wildman–Crippen MR) is 85.4 cm³/mol. The average Bonchev–Trinajstić information content (AvgIpc) is 2.98. The van der Waals surface area contributed by atoms with Gasteiger partial charge in [0.2, 0.25) is 0 Å². The molecular formula is C18H19N3. The number of nitrogens with zero attached hydrogens (tertiary/aromatic N) is 2. The average molecular weight is 277 g/mol. The van der Waals surface area contributed by atoms with Crippen LogP contribution in [0.15, 0.2) is 67.1 Å². The predicted octanol–water partition coefficient (Wildman–Crippen LogP) is 3.48. The van der Waals surface area contributed by atoms with Gasteiger partial charge in [-0.15, -0.1) is 0 Å². The Hall–Kier alpha value is -2.39. The van der Waals surface area contributed by atoms with Crippen LogP contribution in [0.1, 0.15) is 29.8 Å². The zero-order chi connectivity index (χ0) is 14.7. The molecule has 0 saturated carbocycles. The van der Waals surface area contributed by atoms with Gasteiger partial charge in [0.25, 0.3) is 0 Å². The molecule has 0 amide bonds. The van der Waals surface area contributed by atoms with Crippen molar-refractivity contribution in [3.05, 3.63) is 83.9 Å². The molecule has 0 aliphatic heterocycles. The molecule has 3 aromatic rings. The van der Waals surface area contributed by atoms with Crippen molar-refractivity contribution in [3.63, 3.8) is 0 Å². The highest BCUT2D eigenvalue weighted by Gasteiger charge is 2.11. The highest BCUT2D eigenvalue weighted by atomic mass is 15.1. The number of rotatable bonds is 4. The van der Waals surface area contributed by atoms with Crippen molar-refractivity contribution < 1.29 is 0 Å². The lowest BCUT2D eigenvalue weighted by Gasteiger charge is -2.15. The van der Waals surface area contributed by atoms with Gasteiger partial charge in [-0.05, 0) is 30.5 Å². The van der Waals surface area contributed by atoms with Gasteiger partial charge in [0.1, 0.15) is 0 Å². The summed E-state index contributed by atoms with van der Waals surface area (Å²) in [5.74, 6) is 0. The molecule has 3 rings (SSSR count). The first-order valence-corrected chi connectivity index (χ1v) is 7.15. The van der Waals surface area contributed by atoms with Gasteiger partial charge in [0.15, 0.2) is 0 Å². The maximum atomic E-state index is 6.04. The minimum Gasteiger partial charge on any atom is -0.323 e. The fourth-order valence-corrected chi connectivity index (χ4v) is 2.55. The molecule has 0 bridgehead atoms. The van der Waals surface area contributed by atoms with Crippen LogP contribution in [0, 0.1) is 0 Å². The molecule has 0 aliphatic carbocycles. The second kappa shape index (κ2) is 5.94. The van der Waals surface area contributed by atoms with Crippen LogP contribution in [0.3, 0.4) is 0 Å². The summed E-state index contributed by atoms with van der Waals surface area (Å²) in [5, 5.41) is 0. The maximum absolute atomic E-state index is 6.04. The monoisotopic (exact) mass is 277 g/mol. The van der Waals surface area contributed by atoms with E-state index in [0.29, 0.717) is 0 Å². The van der Waals surface area contributed by atoms with E-state index in [4.69, 9.17) is 5.73 Å². The molecule has 1 atom stereocenters. The molecule has 3 heteroatoms. The Morgan fingerprint density at radius 2 is 1.76 bits per heavy atom. The van der Waals surface area contributed by atoms with Crippen molar-refractivity contribution in [3.8, 4) is 5.69 Å². The molecule has 1 heterocycles. The van der Waals surface area contributed by atoms with E-state index in [1.165, 1.54) is 11.1 Å². The molecule has 0 saturated heterocycles. The summed E-state index contributed by atoms with van der Waals surface area (Å²) >= 11 is 0. The molecule has 0 fully saturated rings. The van der Waals surface area contributed by atoms with Crippen LogP contribution >= 0.6 is 0 Å². The number of aromatic nitrogens is 2. The largest absolute Gasteiger partial charge is 0.323 e. The van der Waals surface area contributed by atoms with Crippen LogP contribution in [-0.2, 0) is 6.42 Å². The second-order valence-electron chi connectivity index (χ2n) is 5.27. The van der Waals surface area contributed by atoms with Gasteiger partial charge < -0.3 is 10.3 Å². The number of benzene rings is 2. The summed E-state index contributed by atoms with van der Waals surface area (Å²) in [5.41, 5.74) is 10.8. The SMILES string of the molecule is C[C@@H](N)c1cncn1-c1ccccc1Cc1ccccc1. The van der Waals surface area contributed by atoms with Crippen molar-refractivity contribution in [1.29, 1.82) is 0 Å².